The first-order valence-electron chi connectivity index (χ1n) is 6.14. The summed E-state index contributed by atoms with van der Waals surface area (Å²) in [6.45, 7) is 5.08. The van der Waals surface area contributed by atoms with Crippen LogP contribution in [-0.4, -0.2) is 18.2 Å². The summed E-state index contributed by atoms with van der Waals surface area (Å²) in [5.74, 6) is 0. The number of hydrogen-bond donors (Lipinski definition) is 1. The van der Waals surface area contributed by atoms with Crippen molar-refractivity contribution in [1.82, 2.24) is 0 Å². The Balaban J connectivity index is 2.58. The number of hydrogen-bond acceptors (Lipinski definition) is 2. The van der Waals surface area contributed by atoms with E-state index >= 15 is 0 Å². The Kier molecular flexibility index (Phi) is 4.90. The molecule has 0 saturated heterocycles. The van der Waals surface area contributed by atoms with Gasteiger partial charge in [0.25, 0.3) is 0 Å². The van der Waals surface area contributed by atoms with Crippen LogP contribution in [0.25, 0.3) is 0 Å². The summed E-state index contributed by atoms with van der Waals surface area (Å²) in [7, 11) is 0. The summed E-state index contributed by atoms with van der Waals surface area (Å²) in [6.07, 6.45) is 8.53. The molecule has 1 aliphatic rings. The summed E-state index contributed by atoms with van der Waals surface area (Å²) in [4.78, 5) is 0. The van der Waals surface area contributed by atoms with Crippen molar-refractivity contribution in [2.24, 2.45) is 5.73 Å². The second kappa shape index (κ2) is 5.72. The Hall–Kier alpha value is -0.0800. The summed E-state index contributed by atoms with van der Waals surface area (Å²) in [5.41, 5.74) is 6.27. The van der Waals surface area contributed by atoms with E-state index in [1.54, 1.807) is 0 Å². The molecule has 0 aromatic carbocycles. The van der Waals surface area contributed by atoms with Crippen molar-refractivity contribution in [2.75, 3.05) is 6.61 Å². The van der Waals surface area contributed by atoms with Crippen LogP contribution < -0.4 is 5.73 Å². The molecule has 0 spiro atoms. The highest BCUT2D eigenvalue weighted by atomic mass is 16.5. The van der Waals surface area contributed by atoms with E-state index in [0.29, 0.717) is 0 Å². The third kappa shape index (κ3) is 2.71. The van der Waals surface area contributed by atoms with E-state index in [1.807, 2.05) is 0 Å². The van der Waals surface area contributed by atoms with E-state index in [1.165, 1.54) is 32.1 Å². The SMILES string of the molecule is CCC[C@@H](N)C1(OCC)CCCCC1. The molecule has 0 aromatic rings. The summed E-state index contributed by atoms with van der Waals surface area (Å²) in [5, 5.41) is 0. The van der Waals surface area contributed by atoms with Crippen molar-refractivity contribution < 1.29 is 4.74 Å². The fourth-order valence-electron chi connectivity index (χ4n) is 2.63. The van der Waals surface area contributed by atoms with Crippen LogP contribution in [-0.2, 0) is 4.74 Å². The molecule has 2 nitrogen and oxygen atoms in total. The molecule has 0 radical (unpaired) electrons. The molecule has 1 saturated carbocycles. The second-order valence-electron chi connectivity index (χ2n) is 4.45. The lowest BCUT2D eigenvalue weighted by Crippen LogP contribution is -2.51. The Morgan fingerprint density at radius 1 is 1.21 bits per heavy atom. The minimum Gasteiger partial charge on any atom is -0.374 e. The van der Waals surface area contributed by atoms with Crippen molar-refractivity contribution >= 4 is 0 Å². The van der Waals surface area contributed by atoms with Gasteiger partial charge in [0, 0.05) is 12.6 Å². The molecular formula is C12H25NO. The highest BCUT2D eigenvalue weighted by molar-refractivity contribution is 4.93. The zero-order valence-corrected chi connectivity index (χ0v) is 9.72. The fraction of sp³-hybridized carbons (Fsp3) is 1.00. The summed E-state index contributed by atoms with van der Waals surface area (Å²) < 4.78 is 5.96. The van der Waals surface area contributed by atoms with Gasteiger partial charge >= 0.3 is 0 Å². The molecule has 1 rings (SSSR count). The topological polar surface area (TPSA) is 35.2 Å². The van der Waals surface area contributed by atoms with Gasteiger partial charge in [0.05, 0.1) is 5.60 Å². The average Bonchev–Trinajstić information content (AvgIpc) is 2.20. The molecule has 1 aliphatic carbocycles. The van der Waals surface area contributed by atoms with Crippen LogP contribution in [0.2, 0.25) is 0 Å². The second-order valence-corrected chi connectivity index (χ2v) is 4.45. The van der Waals surface area contributed by atoms with Gasteiger partial charge in [0.1, 0.15) is 0 Å². The maximum absolute atomic E-state index is 6.26. The van der Waals surface area contributed by atoms with Gasteiger partial charge in [-0.15, -0.1) is 0 Å². The van der Waals surface area contributed by atoms with E-state index in [2.05, 4.69) is 13.8 Å². The third-order valence-electron chi connectivity index (χ3n) is 3.41. The molecule has 0 amide bonds. The molecule has 0 unspecified atom stereocenters. The molecule has 2 N–H and O–H groups in total. The predicted octanol–water partition coefficient (Wildman–Crippen LogP) is 2.85. The van der Waals surface area contributed by atoms with Crippen molar-refractivity contribution in [3.05, 3.63) is 0 Å². The Bertz CT molecular complexity index is 147. The zero-order chi connectivity index (χ0) is 10.4. The largest absolute Gasteiger partial charge is 0.374 e. The molecule has 0 aliphatic heterocycles. The lowest BCUT2D eigenvalue weighted by Gasteiger charge is -2.41. The maximum atomic E-state index is 6.26. The van der Waals surface area contributed by atoms with Gasteiger partial charge in [-0.3, -0.25) is 0 Å². The summed E-state index contributed by atoms with van der Waals surface area (Å²) in [6, 6.07) is 0.243. The number of ether oxygens (including phenoxy) is 1. The molecule has 0 bridgehead atoms. The van der Waals surface area contributed by atoms with Gasteiger partial charge in [-0.1, -0.05) is 32.6 Å². The Morgan fingerprint density at radius 3 is 2.36 bits per heavy atom. The normalized spacial score (nSPS) is 23.4. The molecular weight excluding hydrogens is 174 g/mol. The lowest BCUT2D eigenvalue weighted by molar-refractivity contribution is -0.0834. The third-order valence-corrected chi connectivity index (χ3v) is 3.41. The van der Waals surface area contributed by atoms with Crippen molar-refractivity contribution in [2.45, 2.75) is 70.4 Å². The molecule has 14 heavy (non-hydrogen) atoms. The van der Waals surface area contributed by atoms with Crippen LogP contribution in [0.1, 0.15) is 58.8 Å². The predicted molar refractivity (Wildman–Crippen MR) is 60.3 cm³/mol. The number of rotatable bonds is 5. The Labute approximate surface area is 88.2 Å². The molecule has 1 fully saturated rings. The van der Waals surface area contributed by atoms with Crippen LogP contribution in [0, 0.1) is 0 Å². The highest BCUT2D eigenvalue weighted by Gasteiger charge is 2.37. The van der Waals surface area contributed by atoms with Crippen molar-refractivity contribution in [1.29, 1.82) is 0 Å². The first-order chi connectivity index (χ1) is 6.75. The number of nitrogens with two attached hydrogens (primary N) is 1. The van der Waals surface area contributed by atoms with E-state index in [0.717, 1.165) is 19.4 Å². The van der Waals surface area contributed by atoms with E-state index in [9.17, 15) is 0 Å². The Morgan fingerprint density at radius 2 is 1.86 bits per heavy atom. The van der Waals surface area contributed by atoms with Crippen LogP contribution >= 0.6 is 0 Å². The van der Waals surface area contributed by atoms with Crippen molar-refractivity contribution in [3.8, 4) is 0 Å². The highest BCUT2D eigenvalue weighted by Crippen LogP contribution is 2.35. The molecule has 84 valence electrons. The molecule has 1 atom stereocenters. The first-order valence-corrected chi connectivity index (χ1v) is 6.14. The molecule has 0 aromatic heterocycles. The summed E-state index contributed by atoms with van der Waals surface area (Å²) >= 11 is 0. The monoisotopic (exact) mass is 199 g/mol. The zero-order valence-electron chi connectivity index (χ0n) is 9.72. The van der Waals surface area contributed by atoms with E-state index in [4.69, 9.17) is 10.5 Å². The van der Waals surface area contributed by atoms with Gasteiger partial charge in [-0.25, -0.2) is 0 Å². The van der Waals surface area contributed by atoms with Crippen LogP contribution in [0.3, 0.4) is 0 Å². The molecule has 0 heterocycles. The van der Waals surface area contributed by atoms with Gasteiger partial charge in [-0.2, -0.15) is 0 Å². The first kappa shape index (κ1) is 12.0. The van der Waals surface area contributed by atoms with Gasteiger partial charge in [-0.05, 0) is 26.2 Å². The minimum atomic E-state index is 0.0169. The van der Waals surface area contributed by atoms with E-state index in [-0.39, 0.29) is 11.6 Å². The standard InChI is InChI=1S/C12H25NO/c1-3-8-11(13)12(14-4-2)9-6-5-7-10-12/h11H,3-10,13H2,1-2H3/t11-/m1/s1. The lowest BCUT2D eigenvalue weighted by atomic mass is 9.78. The van der Waals surface area contributed by atoms with Crippen LogP contribution in [0.5, 0.6) is 0 Å². The quantitative estimate of drug-likeness (QED) is 0.739. The van der Waals surface area contributed by atoms with Gasteiger partial charge in [0.15, 0.2) is 0 Å². The van der Waals surface area contributed by atoms with Crippen molar-refractivity contribution in [3.63, 3.8) is 0 Å². The maximum Gasteiger partial charge on any atom is 0.0832 e. The van der Waals surface area contributed by atoms with Gasteiger partial charge < -0.3 is 10.5 Å². The van der Waals surface area contributed by atoms with E-state index < -0.39 is 0 Å². The fourth-order valence-corrected chi connectivity index (χ4v) is 2.63. The van der Waals surface area contributed by atoms with Crippen LogP contribution in [0.4, 0.5) is 0 Å². The molecule has 2 heteroatoms. The van der Waals surface area contributed by atoms with Gasteiger partial charge in [0.2, 0.25) is 0 Å². The smallest absolute Gasteiger partial charge is 0.0832 e. The minimum absolute atomic E-state index is 0.0169. The average molecular weight is 199 g/mol. The van der Waals surface area contributed by atoms with Crippen LogP contribution in [0.15, 0.2) is 0 Å².